The largest absolute Gasteiger partial charge is 0.490 e. The molecule has 1 aliphatic heterocycles. The third-order valence-corrected chi connectivity index (χ3v) is 9.16. The Balaban J connectivity index is 1.63. The topological polar surface area (TPSA) is 93.1 Å². The highest BCUT2D eigenvalue weighted by Crippen LogP contribution is 2.55. The number of aliphatic carboxylic acids is 1. The van der Waals surface area contributed by atoms with Gasteiger partial charge in [-0.1, -0.05) is 63.0 Å². The molecule has 0 saturated heterocycles. The average Bonchev–Trinajstić information content (AvgIpc) is 2.90. The molecule has 7 nitrogen and oxygen atoms in total. The number of carboxylic acid groups (broad SMARTS) is 1. The Labute approximate surface area is 268 Å². The minimum atomic E-state index is -0.920. The Morgan fingerprint density at radius 3 is 2.05 bits per heavy atom. The lowest BCUT2D eigenvalue weighted by molar-refractivity contribution is -0.137. The monoisotopic (exact) mass is 639 g/mol. The van der Waals surface area contributed by atoms with Gasteiger partial charge < -0.3 is 19.5 Å². The van der Waals surface area contributed by atoms with Crippen molar-refractivity contribution in [3.8, 4) is 11.5 Å². The predicted molar refractivity (Wildman–Crippen MR) is 170 cm³/mol. The summed E-state index contributed by atoms with van der Waals surface area (Å²) in [5.74, 6) is -0.512. The van der Waals surface area contributed by atoms with Gasteiger partial charge in [0.1, 0.15) is 6.61 Å². The number of hydrogen-bond acceptors (Lipinski definition) is 6. The summed E-state index contributed by atoms with van der Waals surface area (Å²) in [7, 11) is 0. The van der Waals surface area contributed by atoms with Gasteiger partial charge >= 0.3 is 5.97 Å². The highest BCUT2D eigenvalue weighted by molar-refractivity contribution is 6.35. The van der Waals surface area contributed by atoms with E-state index in [9.17, 15) is 19.5 Å². The molecule has 0 bridgehead atoms. The number of halogens is 2. The van der Waals surface area contributed by atoms with Gasteiger partial charge in [-0.05, 0) is 60.4 Å². The van der Waals surface area contributed by atoms with E-state index in [1.165, 1.54) is 0 Å². The van der Waals surface area contributed by atoms with Crippen LogP contribution >= 0.6 is 23.2 Å². The fourth-order valence-electron chi connectivity index (χ4n) is 6.74. The molecule has 0 amide bonds. The van der Waals surface area contributed by atoms with Crippen LogP contribution in [0.5, 0.6) is 11.5 Å². The zero-order valence-corrected chi connectivity index (χ0v) is 27.4. The van der Waals surface area contributed by atoms with Crippen molar-refractivity contribution in [2.45, 2.75) is 79.2 Å². The molecule has 2 aliphatic carbocycles. The van der Waals surface area contributed by atoms with E-state index in [1.807, 2.05) is 36.1 Å². The van der Waals surface area contributed by atoms with E-state index in [-0.39, 0.29) is 42.0 Å². The summed E-state index contributed by atoms with van der Waals surface area (Å²) in [6.07, 6.45) is 1.81. The number of ketones is 2. The van der Waals surface area contributed by atoms with Crippen LogP contribution in [0.25, 0.3) is 0 Å². The summed E-state index contributed by atoms with van der Waals surface area (Å²) < 4.78 is 12.2. The number of Topliss-reactive ketones (excluding diaryl/α,β-unsaturated/α-hetero) is 2. The first-order valence-electron chi connectivity index (χ1n) is 15.0. The van der Waals surface area contributed by atoms with Gasteiger partial charge in [0, 0.05) is 63.5 Å². The van der Waals surface area contributed by atoms with Crippen LogP contribution in [0.15, 0.2) is 58.9 Å². The fraction of sp³-hybridized carbons (Fsp3) is 0.457. The van der Waals surface area contributed by atoms with Gasteiger partial charge in [0.2, 0.25) is 0 Å². The Morgan fingerprint density at radius 1 is 0.886 bits per heavy atom. The Hall–Kier alpha value is -3.29. The molecule has 0 fully saturated rings. The quantitative estimate of drug-likeness (QED) is 0.296. The van der Waals surface area contributed by atoms with Crippen molar-refractivity contribution in [2.75, 3.05) is 13.2 Å². The summed E-state index contributed by atoms with van der Waals surface area (Å²) in [6, 6.07) is 10.8. The minimum absolute atomic E-state index is 0.0126. The smallest absolute Gasteiger partial charge is 0.305 e. The van der Waals surface area contributed by atoms with Gasteiger partial charge in [-0.25, -0.2) is 0 Å². The van der Waals surface area contributed by atoms with Gasteiger partial charge in [0.15, 0.2) is 23.1 Å². The first-order valence-corrected chi connectivity index (χ1v) is 15.8. The van der Waals surface area contributed by atoms with Crippen molar-refractivity contribution in [1.29, 1.82) is 0 Å². The van der Waals surface area contributed by atoms with E-state index < -0.39 is 11.9 Å². The zero-order chi connectivity index (χ0) is 32.0. The SMILES string of the molecule is CCOc1cc(C2C3=C(CC(C)(C)CC3=O)N(CCC(=O)O)C3=C2C(=O)CC(C)(C)C3)ccc1OCc1ccc(Cl)cc1Cl. The highest BCUT2D eigenvalue weighted by Gasteiger charge is 2.49. The molecule has 2 aromatic carbocycles. The zero-order valence-electron chi connectivity index (χ0n) is 25.9. The number of hydrogen-bond donors (Lipinski definition) is 1. The lowest BCUT2D eigenvalue weighted by Gasteiger charge is -2.49. The van der Waals surface area contributed by atoms with E-state index in [1.54, 1.807) is 12.1 Å². The molecule has 0 atom stereocenters. The van der Waals surface area contributed by atoms with Gasteiger partial charge in [-0.3, -0.25) is 14.4 Å². The Bertz CT molecular complexity index is 1530. The van der Waals surface area contributed by atoms with E-state index in [4.69, 9.17) is 32.7 Å². The van der Waals surface area contributed by atoms with Crippen LogP contribution in [0.1, 0.15) is 83.8 Å². The molecule has 0 saturated carbocycles. The van der Waals surface area contributed by atoms with Crippen molar-refractivity contribution in [2.24, 2.45) is 10.8 Å². The summed E-state index contributed by atoms with van der Waals surface area (Å²) in [4.78, 5) is 41.7. The molecular formula is C35H39Cl2NO6. The third-order valence-electron chi connectivity index (χ3n) is 8.57. The highest BCUT2D eigenvalue weighted by atomic mass is 35.5. The standard InChI is InChI=1S/C35H39Cl2NO6/c1-6-43-29-13-20(8-10-28(29)44-19-21-7-9-22(36)14-23(21)37)31-32-24(15-34(2,3)17-26(32)39)38(12-11-30(41)42)25-16-35(4,5)18-27(40)33(25)31/h7-10,13-14,31H,6,11-12,15-19H2,1-5H3,(H,41,42). The number of carbonyl (C=O) groups is 3. The predicted octanol–water partition coefficient (Wildman–Crippen LogP) is 8.13. The second kappa shape index (κ2) is 12.2. The molecule has 2 aromatic rings. The molecular weight excluding hydrogens is 601 g/mol. The molecule has 0 spiro atoms. The van der Waals surface area contributed by atoms with Crippen molar-refractivity contribution in [3.05, 3.63) is 80.1 Å². The molecule has 1 N–H and O–H groups in total. The van der Waals surface area contributed by atoms with Crippen LogP contribution in [-0.4, -0.2) is 40.7 Å². The molecule has 5 rings (SSSR count). The molecule has 0 aromatic heterocycles. The number of nitrogens with zero attached hydrogens (tertiary/aromatic N) is 1. The second-order valence-electron chi connectivity index (χ2n) is 13.5. The van der Waals surface area contributed by atoms with Gasteiger partial charge in [0.25, 0.3) is 0 Å². The lowest BCUT2D eigenvalue weighted by Crippen LogP contribution is -2.45. The van der Waals surface area contributed by atoms with Crippen LogP contribution in [0.4, 0.5) is 0 Å². The van der Waals surface area contributed by atoms with Gasteiger partial charge in [0.05, 0.1) is 13.0 Å². The second-order valence-corrected chi connectivity index (χ2v) is 14.3. The Morgan fingerprint density at radius 2 is 1.50 bits per heavy atom. The average molecular weight is 641 g/mol. The maximum atomic E-state index is 14.0. The molecule has 0 unspecified atom stereocenters. The van der Waals surface area contributed by atoms with E-state index >= 15 is 0 Å². The van der Waals surface area contributed by atoms with E-state index in [0.717, 1.165) is 22.5 Å². The fourth-order valence-corrected chi connectivity index (χ4v) is 7.21. The minimum Gasteiger partial charge on any atom is -0.490 e. The number of carbonyl (C=O) groups excluding carboxylic acids is 2. The van der Waals surface area contributed by atoms with Crippen molar-refractivity contribution >= 4 is 40.7 Å². The van der Waals surface area contributed by atoms with E-state index in [2.05, 4.69) is 27.7 Å². The molecule has 9 heteroatoms. The summed E-state index contributed by atoms with van der Waals surface area (Å²) in [5, 5.41) is 10.6. The maximum absolute atomic E-state index is 14.0. The normalized spacial score (nSPS) is 19.6. The molecule has 234 valence electrons. The van der Waals surface area contributed by atoms with Crippen molar-refractivity contribution in [1.82, 2.24) is 4.90 Å². The summed E-state index contributed by atoms with van der Waals surface area (Å²) >= 11 is 12.4. The van der Waals surface area contributed by atoms with Gasteiger partial charge in [-0.2, -0.15) is 0 Å². The van der Waals surface area contributed by atoms with Crippen LogP contribution in [0.2, 0.25) is 10.0 Å². The first-order chi connectivity index (χ1) is 20.7. The molecule has 3 aliphatic rings. The number of benzene rings is 2. The molecule has 0 radical (unpaired) electrons. The van der Waals surface area contributed by atoms with Crippen molar-refractivity contribution in [3.63, 3.8) is 0 Å². The summed E-state index contributed by atoms with van der Waals surface area (Å²) in [5.41, 5.74) is 3.78. The summed E-state index contributed by atoms with van der Waals surface area (Å²) in [6.45, 7) is 10.9. The first kappa shape index (κ1) is 32.1. The maximum Gasteiger partial charge on any atom is 0.305 e. The number of carboxylic acids is 1. The molecule has 1 heterocycles. The van der Waals surface area contributed by atoms with Crippen molar-refractivity contribution < 1.29 is 29.0 Å². The van der Waals surface area contributed by atoms with Gasteiger partial charge in [-0.15, -0.1) is 0 Å². The molecule has 44 heavy (non-hydrogen) atoms. The third kappa shape index (κ3) is 6.54. The van der Waals surface area contributed by atoms with E-state index in [0.29, 0.717) is 65.0 Å². The number of rotatable bonds is 9. The van der Waals surface area contributed by atoms with Crippen LogP contribution in [-0.2, 0) is 21.0 Å². The Kier molecular flexibility index (Phi) is 8.94. The van der Waals surface area contributed by atoms with Crippen LogP contribution in [0, 0.1) is 10.8 Å². The van der Waals surface area contributed by atoms with Crippen LogP contribution < -0.4 is 9.47 Å². The lowest BCUT2D eigenvalue weighted by atomic mass is 9.63. The van der Waals surface area contributed by atoms with Crippen LogP contribution in [0.3, 0.4) is 0 Å². The number of allylic oxidation sites excluding steroid dienone is 4. The number of ether oxygens (including phenoxy) is 2.